The van der Waals surface area contributed by atoms with Crippen molar-refractivity contribution in [3.63, 3.8) is 0 Å². The summed E-state index contributed by atoms with van der Waals surface area (Å²) in [4.78, 5) is 30.5. The molecule has 0 aliphatic carbocycles. The molecule has 154 valence electrons. The predicted molar refractivity (Wildman–Crippen MR) is 106 cm³/mol. The first-order valence-electron chi connectivity index (χ1n) is 9.67. The number of halogens is 2. The number of anilines is 1. The van der Waals surface area contributed by atoms with Crippen molar-refractivity contribution < 1.29 is 18.4 Å². The molecule has 0 bridgehead atoms. The number of benzene rings is 1. The van der Waals surface area contributed by atoms with E-state index in [-0.39, 0.29) is 12.5 Å². The van der Waals surface area contributed by atoms with Crippen molar-refractivity contribution in [2.45, 2.75) is 19.8 Å². The van der Waals surface area contributed by atoms with Crippen LogP contribution >= 0.6 is 0 Å². The maximum Gasteiger partial charge on any atom is 0.257 e. The lowest BCUT2D eigenvalue weighted by molar-refractivity contribution is 0.0696. The van der Waals surface area contributed by atoms with Gasteiger partial charge in [-0.1, -0.05) is 13.0 Å². The van der Waals surface area contributed by atoms with Gasteiger partial charge in [-0.3, -0.25) is 9.59 Å². The van der Waals surface area contributed by atoms with E-state index in [0.29, 0.717) is 23.8 Å². The fourth-order valence-corrected chi connectivity index (χ4v) is 3.19. The Balaban J connectivity index is 1.46. The van der Waals surface area contributed by atoms with Gasteiger partial charge in [0.2, 0.25) is 0 Å². The van der Waals surface area contributed by atoms with Gasteiger partial charge in [0.1, 0.15) is 23.0 Å². The van der Waals surface area contributed by atoms with E-state index in [4.69, 9.17) is 0 Å². The quantitative estimate of drug-likeness (QED) is 0.729. The molecule has 1 saturated heterocycles. The molecule has 0 spiro atoms. The maximum atomic E-state index is 13.6. The number of hydrogen-bond acceptors (Lipinski definition) is 4. The summed E-state index contributed by atoms with van der Waals surface area (Å²) in [7, 11) is 0. The van der Waals surface area contributed by atoms with Crippen LogP contribution in [0.25, 0.3) is 0 Å². The summed E-state index contributed by atoms with van der Waals surface area (Å²) in [6.45, 7) is 4.19. The fourth-order valence-electron chi connectivity index (χ4n) is 3.19. The van der Waals surface area contributed by atoms with Gasteiger partial charge in [-0.15, -0.1) is 0 Å². The number of carbonyl (C=O) groups is 2. The number of hydrogen-bond donors (Lipinski definition) is 2. The highest BCUT2D eigenvalue weighted by Crippen LogP contribution is 2.18. The number of pyridine rings is 1. The zero-order valence-corrected chi connectivity index (χ0v) is 16.3. The van der Waals surface area contributed by atoms with Crippen LogP contribution in [0, 0.1) is 17.6 Å². The van der Waals surface area contributed by atoms with Gasteiger partial charge in [-0.25, -0.2) is 13.8 Å². The van der Waals surface area contributed by atoms with Crippen molar-refractivity contribution in [1.82, 2.24) is 15.2 Å². The van der Waals surface area contributed by atoms with E-state index < -0.39 is 23.1 Å². The Kier molecular flexibility index (Phi) is 6.74. The van der Waals surface area contributed by atoms with Crippen LogP contribution in [-0.2, 0) is 0 Å². The minimum Gasteiger partial charge on any atom is -0.368 e. The van der Waals surface area contributed by atoms with Gasteiger partial charge < -0.3 is 15.5 Å². The molecule has 6 nitrogen and oxygen atoms in total. The summed E-state index contributed by atoms with van der Waals surface area (Å²) < 4.78 is 27.1. The molecule has 3 rings (SSSR count). The van der Waals surface area contributed by atoms with Crippen molar-refractivity contribution in [2.24, 2.45) is 5.92 Å². The van der Waals surface area contributed by atoms with E-state index in [2.05, 4.69) is 22.5 Å². The highest BCUT2D eigenvalue weighted by Gasteiger charge is 2.21. The van der Waals surface area contributed by atoms with Gasteiger partial charge in [0, 0.05) is 32.4 Å². The molecular formula is C21H24F2N4O2. The molecule has 0 atom stereocenters. The second-order valence-corrected chi connectivity index (χ2v) is 7.19. The zero-order chi connectivity index (χ0) is 20.8. The summed E-state index contributed by atoms with van der Waals surface area (Å²) >= 11 is 0. The predicted octanol–water partition coefficient (Wildman–Crippen LogP) is 3.07. The summed E-state index contributed by atoms with van der Waals surface area (Å²) in [5.41, 5.74) is -0.0611. The Morgan fingerprint density at radius 1 is 1.10 bits per heavy atom. The molecule has 0 saturated carbocycles. The molecule has 8 heteroatoms. The van der Waals surface area contributed by atoms with E-state index in [1.165, 1.54) is 12.3 Å². The topological polar surface area (TPSA) is 74.3 Å². The Morgan fingerprint density at radius 3 is 2.41 bits per heavy atom. The molecule has 0 radical (unpaired) electrons. The number of aromatic nitrogens is 1. The number of nitrogens with zero attached hydrogens (tertiary/aromatic N) is 2. The third-order valence-corrected chi connectivity index (χ3v) is 4.99. The minimum absolute atomic E-state index is 0.0184. The van der Waals surface area contributed by atoms with Crippen LogP contribution in [0.4, 0.5) is 14.6 Å². The molecule has 2 N–H and O–H groups in total. The number of likely N-dealkylation sites (tertiary alicyclic amines) is 1. The van der Waals surface area contributed by atoms with Crippen molar-refractivity contribution >= 4 is 17.6 Å². The Morgan fingerprint density at radius 2 is 1.79 bits per heavy atom. The second kappa shape index (κ2) is 9.45. The van der Waals surface area contributed by atoms with Gasteiger partial charge in [0.25, 0.3) is 11.8 Å². The molecule has 0 unspecified atom stereocenters. The average molecular weight is 402 g/mol. The number of piperidine rings is 1. The number of carbonyl (C=O) groups excluding carboxylic acids is 2. The third-order valence-electron chi connectivity index (χ3n) is 4.99. The van der Waals surface area contributed by atoms with E-state index in [1.807, 2.05) is 4.90 Å². The Bertz CT molecular complexity index is 845. The highest BCUT2D eigenvalue weighted by atomic mass is 19.1. The molecule has 1 aromatic carbocycles. The largest absolute Gasteiger partial charge is 0.368 e. The van der Waals surface area contributed by atoms with E-state index in [0.717, 1.165) is 38.1 Å². The highest BCUT2D eigenvalue weighted by molar-refractivity contribution is 5.95. The van der Waals surface area contributed by atoms with Gasteiger partial charge in [-0.2, -0.15) is 0 Å². The van der Waals surface area contributed by atoms with Crippen molar-refractivity contribution in [2.75, 3.05) is 31.5 Å². The molecule has 1 fully saturated rings. The molecule has 1 aliphatic rings. The zero-order valence-electron chi connectivity index (χ0n) is 16.3. The summed E-state index contributed by atoms with van der Waals surface area (Å²) in [6.07, 6.45) is 3.55. The van der Waals surface area contributed by atoms with Crippen LogP contribution in [0.3, 0.4) is 0 Å². The molecular weight excluding hydrogens is 378 g/mol. The van der Waals surface area contributed by atoms with Gasteiger partial charge in [0.15, 0.2) is 0 Å². The molecule has 2 amide bonds. The SMILES string of the molecule is CC1CCN(C(=O)c2ccc(NCCNC(=O)c3c(F)cccc3F)nc2)CC1. The number of amides is 2. The van der Waals surface area contributed by atoms with E-state index in [1.54, 1.807) is 12.1 Å². The average Bonchev–Trinajstić information content (AvgIpc) is 2.71. The molecule has 1 aliphatic heterocycles. The van der Waals surface area contributed by atoms with Crippen LogP contribution in [0.2, 0.25) is 0 Å². The maximum absolute atomic E-state index is 13.6. The van der Waals surface area contributed by atoms with Crippen LogP contribution in [-0.4, -0.2) is 47.9 Å². The molecule has 2 heterocycles. The van der Waals surface area contributed by atoms with E-state index >= 15 is 0 Å². The van der Waals surface area contributed by atoms with Gasteiger partial charge >= 0.3 is 0 Å². The normalized spacial score (nSPS) is 14.5. The second-order valence-electron chi connectivity index (χ2n) is 7.19. The first kappa shape index (κ1) is 20.7. The monoisotopic (exact) mass is 402 g/mol. The van der Waals surface area contributed by atoms with Crippen LogP contribution < -0.4 is 10.6 Å². The van der Waals surface area contributed by atoms with Gasteiger partial charge in [-0.05, 0) is 43.0 Å². The summed E-state index contributed by atoms with van der Waals surface area (Å²) in [5.74, 6) is -1.44. The lowest BCUT2D eigenvalue weighted by Crippen LogP contribution is -2.37. The van der Waals surface area contributed by atoms with Crippen LogP contribution in [0.5, 0.6) is 0 Å². The summed E-state index contributed by atoms with van der Waals surface area (Å²) in [5, 5.41) is 5.45. The Labute approximate surface area is 168 Å². The minimum atomic E-state index is -0.902. The first-order chi connectivity index (χ1) is 14.0. The Hall–Kier alpha value is -3.03. The summed E-state index contributed by atoms with van der Waals surface area (Å²) in [6, 6.07) is 6.68. The third kappa shape index (κ3) is 5.28. The smallest absolute Gasteiger partial charge is 0.257 e. The first-order valence-corrected chi connectivity index (χ1v) is 9.67. The van der Waals surface area contributed by atoms with E-state index in [9.17, 15) is 18.4 Å². The van der Waals surface area contributed by atoms with Crippen LogP contribution in [0.15, 0.2) is 36.5 Å². The molecule has 29 heavy (non-hydrogen) atoms. The standard InChI is InChI=1S/C21H24F2N4O2/c1-14-7-11-27(12-8-14)21(29)15-5-6-18(26-13-15)24-9-10-25-20(28)19-16(22)3-2-4-17(19)23/h2-6,13-14H,7-12H2,1H3,(H,24,26)(H,25,28). The molecule has 2 aromatic rings. The van der Waals surface area contributed by atoms with Crippen molar-refractivity contribution in [3.8, 4) is 0 Å². The molecule has 1 aromatic heterocycles. The van der Waals surface area contributed by atoms with Crippen LogP contribution in [0.1, 0.15) is 40.5 Å². The van der Waals surface area contributed by atoms with Gasteiger partial charge in [0.05, 0.1) is 5.56 Å². The number of rotatable bonds is 6. The van der Waals surface area contributed by atoms with Crippen molar-refractivity contribution in [3.05, 3.63) is 59.3 Å². The number of nitrogens with one attached hydrogen (secondary N) is 2. The fraction of sp³-hybridized carbons (Fsp3) is 0.381. The van der Waals surface area contributed by atoms with Crippen molar-refractivity contribution in [1.29, 1.82) is 0 Å². The lowest BCUT2D eigenvalue weighted by Gasteiger charge is -2.30. The lowest BCUT2D eigenvalue weighted by atomic mass is 9.99.